The molecule has 0 bridgehead atoms. The summed E-state index contributed by atoms with van der Waals surface area (Å²) in [5, 5.41) is 13.9. The molecule has 0 aliphatic carbocycles. The Bertz CT molecular complexity index is 614. The van der Waals surface area contributed by atoms with E-state index in [-0.39, 0.29) is 11.6 Å². The van der Waals surface area contributed by atoms with Crippen molar-refractivity contribution in [3.05, 3.63) is 50.9 Å². The summed E-state index contributed by atoms with van der Waals surface area (Å²) < 4.78 is 13.9. The summed E-state index contributed by atoms with van der Waals surface area (Å²) in [6.07, 6.45) is 0. The number of carbonyl (C=O) groups is 1. The Hall–Kier alpha value is -1.59. The van der Waals surface area contributed by atoms with E-state index < -0.39 is 11.8 Å². The van der Waals surface area contributed by atoms with E-state index in [0.717, 1.165) is 11.6 Å². The minimum atomic E-state index is -1.28. The monoisotopic (exact) mass is 299 g/mol. The van der Waals surface area contributed by atoms with Crippen LogP contribution < -0.4 is 5.32 Å². The first kappa shape index (κ1) is 13.8. The second kappa shape index (κ2) is 5.59. The van der Waals surface area contributed by atoms with Gasteiger partial charge in [0.2, 0.25) is 0 Å². The van der Waals surface area contributed by atoms with Crippen LogP contribution >= 0.6 is 22.9 Å². The Balaban J connectivity index is 2.19. The van der Waals surface area contributed by atoms with Gasteiger partial charge in [-0.15, -0.1) is 11.3 Å². The van der Waals surface area contributed by atoms with E-state index in [1.165, 1.54) is 23.5 Å². The molecule has 100 valence electrons. The number of carboxylic acids is 1. The SMILES string of the molecule is CC(Nc1ccc(F)c(C(=O)O)c1)c1csc(Cl)c1. The molecule has 0 saturated carbocycles. The molecular formula is C13H11ClFNO2S. The highest BCUT2D eigenvalue weighted by atomic mass is 35.5. The number of thiophene rings is 1. The lowest BCUT2D eigenvalue weighted by Gasteiger charge is -2.14. The normalized spacial score (nSPS) is 12.2. The molecule has 1 aromatic heterocycles. The largest absolute Gasteiger partial charge is 0.478 e. The molecule has 1 unspecified atom stereocenters. The van der Waals surface area contributed by atoms with E-state index in [0.29, 0.717) is 10.0 Å². The van der Waals surface area contributed by atoms with Crippen molar-refractivity contribution in [3.8, 4) is 0 Å². The lowest BCUT2D eigenvalue weighted by molar-refractivity contribution is 0.0692. The van der Waals surface area contributed by atoms with Crippen LogP contribution in [0.1, 0.15) is 28.9 Å². The number of halogens is 2. The summed E-state index contributed by atoms with van der Waals surface area (Å²) in [4.78, 5) is 10.8. The Labute approximate surface area is 118 Å². The van der Waals surface area contributed by atoms with Crippen molar-refractivity contribution in [1.29, 1.82) is 0 Å². The number of benzene rings is 1. The van der Waals surface area contributed by atoms with Gasteiger partial charge < -0.3 is 10.4 Å². The lowest BCUT2D eigenvalue weighted by atomic mass is 10.1. The molecule has 0 aliphatic heterocycles. The molecular weight excluding hydrogens is 289 g/mol. The van der Waals surface area contributed by atoms with Gasteiger partial charge in [-0.25, -0.2) is 9.18 Å². The Morgan fingerprint density at radius 3 is 2.79 bits per heavy atom. The highest BCUT2D eigenvalue weighted by molar-refractivity contribution is 7.14. The molecule has 0 saturated heterocycles. The van der Waals surface area contributed by atoms with Gasteiger partial charge in [0.05, 0.1) is 9.90 Å². The minimum absolute atomic E-state index is 0.0455. The molecule has 6 heteroatoms. The molecule has 0 amide bonds. The molecule has 1 aromatic carbocycles. The number of aromatic carboxylic acids is 1. The van der Waals surface area contributed by atoms with Crippen LogP contribution in [0.2, 0.25) is 4.34 Å². The van der Waals surface area contributed by atoms with Crippen molar-refractivity contribution in [2.75, 3.05) is 5.32 Å². The fourth-order valence-corrected chi connectivity index (χ4v) is 2.65. The Kier molecular flexibility index (Phi) is 4.07. The molecule has 2 N–H and O–H groups in total. The van der Waals surface area contributed by atoms with Gasteiger partial charge in [-0.05, 0) is 42.1 Å². The Morgan fingerprint density at radius 2 is 2.21 bits per heavy atom. The average molecular weight is 300 g/mol. The van der Waals surface area contributed by atoms with Crippen molar-refractivity contribution in [3.63, 3.8) is 0 Å². The predicted molar refractivity (Wildman–Crippen MR) is 74.7 cm³/mol. The van der Waals surface area contributed by atoms with E-state index in [1.807, 2.05) is 18.4 Å². The van der Waals surface area contributed by atoms with Gasteiger partial charge in [0.1, 0.15) is 5.82 Å². The van der Waals surface area contributed by atoms with E-state index in [2.05, 4.69) is 5.32 Å². The van der Waals surface area contributed by atoms with Crippen LogP contribution in [0.4, 0.5) is 10.1 Å². The van der Waals surface area contributed by atoms with Crippen LogP contribution in [0.25, 0.3) is 0 Å². The van der Waals surface area contributed by atoms with Gasteiger partial charge in [-0.3, -0.25) is 0 Å². The highest BCUT2D eigenvalue weighted by Gasteiger charge is 2.13. The second-order valence-electron chi connectivity index (χ2n) is 4.05. The van der Waals surface area contributed by atoms with Crippen molar-refractivity contribution >= 4 is 34.6 Å². The van der Waals surface area contributed by atoms with Gasteiger partial charge >= 0.3 is 5.97 Å². The van der Waals surface area contributed by atoms with Gasteiger partial charge in [0.15, 0.2) is 0 Å². The molecule has 0 aliphatic rings. The van der Waals surface area contributed by atoms with Crippen LogP contribution in [0.3, 0.4) is 0 Å². The molecule has 3 nitrogen and oxygen atoms in total. The van der Waals surface area contributed by atoms with Crippen LogP contribution in [-0.4, -0.2) is 11.1 Å². The number of hydrogen-bond donors (Lipinski definition) is 2. The van der Waals surface area contributed by atoms with E-state index >= 15 is 0 Å². The van der Waals surface area contributed by atoms with E-state index in [9.17, 15) is 9.18 Å². The molecule has 1 atom stereocenters. The molecule has 0 radical (unpaired) electrons. The highest BCUT2D eigenvalue weighted by Crippen LogP contribution is 2.27. The third-order valence-electron chi connectivity index (χ3n) is 2.67. The van der Waals surface area contributed by atoms with Crippen molar-refractivity contribution in [2.45, 2.75) is 13.0 Å². The predicted octanol–water partition coefficient (Wildman–Crippen LogP) is 4.41. The zero-order chi connectivity index (χ0) is 14.0. The number of rotatable bonds is 4. The van der Waals surface area contributed by atoms with Crippen molar-refractivity contribution in [1.82, 2.24) is 0 Å². The summed E-state index contributed by atoms with van der Waals surface area (Å²) in [5.41, 5.74) is 1.20. The lowest BCUT2D eigenvalue weighted by Crippen LogP contribution is -2.07. The van der Waals surface area contributed by atoms with Gasteiger partial charge in [0, 0.05) is 11.7 Å². The molecule has 0 spiro atoms. The number of carboxylic acid groups (broad SMARTS) is 1. The molecule has 2 aromatic rings. The van der Waals surface area contributed by atoms with Gasteiger partial charge in [-0.2, -0.15) is 0 Å². The first-order valence-corrected chi connectivity index (χ1v) is 6.76. The zero-order valence-electron chi connectivity index (χ0n) is 9.98. The third-order valence-corrected chi connectivity index (χ3v) is 3.78. The van der Waals surface area contributed by atoms with Crippen molar-refractivity contribution < 1.29 is 14.3 Å². The second-order valence-corrected chi connectivity index (χ2v) is 5.59. The maximum absolute atomic E-state index is 13.3. The topological polar surface area (TPSA) is 49.3 Å². The summed E-state index contributed by atoms with van der Waals surface area (Å²) in [6.45, 7) is 1.92. The van der Waals surface area contributed by atoms with Crippen LogP contribution in [0, 0.1) is 5.82 Å². The van der Waals surface area contributed by atoms with Crippen LogP contribution in [-0.2, 0) is 0 Å². The fraction of sp³-hybridized carbons (Fsp3) is 0.154. The van der Waals surface area contributed by atoms with Gasteiger partial charge in [-0.1, -0.05) is 11.6 Å². The fourth-order valence-electron chi connectivity index (χ4n) is 1.66. The smallest absolute Gasteiger partial charge is 0.338 e. The number of anilines is 1. The molecule has 0 fully saturated rings. The minimum Gasteiger partial charge on any atom is -0.478 e. The molecule has 19 heavy (non-hydrogen) atoms. The molecule has 1 heterocycles. The summed E-state index contributed by atoms with van der Waals surface area (Å²) in [7, 11) is 0. The standard InChI is InChI=1S/C13H11ClFNO2S/c1-7(8-4-12(14)19-6-8)16-9-2-3-11(15)10(5-9)13(17)18/h2-7,16H,1H3,(H,17,18). The Morgan fingerprint density at radius 1 is 1.47 bits per heavy atom. The van der Waals surface area contributed by atoms with E-state index in [1.54, 1.807) is 0 Å². The third kappa shape index (κ3) is 3.24. The van der Waals surface area contributed by atoms with Crippen LogP contribution in [0.5, 0.6) is 0 Å². The first-order chi connectivity index (χ1) is 8.97. The average Bonchev–Trinajstić information content (AvgIpc) is 2.78. The summed E-state index contributed by atoms with van der Waals surface area (Å²) in [5.74, 6) is -2.03. The van der Waals surface area contributed by atoms with E-state index in [4.69, 9.17) is 16.7 Å². The summed E-state index contributed by atoms with van der Waals surface area (Å²) >= 11 is 7.28. The van der Waals surface area contributed by atoms with Gasteiger partial charge in [0.25, 0.3) is 0 Å². The zero-order valence-corrected chi connectivity index (χ0v) is 11.6. The molecule has 2 rings (SSSR count). The van der Waals surface area contributed by atoms with Crippen molar-refractivity contribution in [2.24, 2.45) is 0 Å². The van der Waals surface area contributed by atoms with Crippen LogP contribution in [0.15, 0.2) is 29.6 Å². The number of hydrogen-bond acceptors (Lipinski definition) is 3. The maximum Gasteiger partial charge on any atom is 0.338 e. The number of nitrogens with one attached hydrogen (secondary N) is 1. The maximum atomic E-state index is 13.3. The first-order valence-electron chi connectivity index (χ1n) is 5.50. The summed E-state index contributed by atoms with van der Waals surface area (Å²) in [6, 6.07) is 5.72. The quantitative estimate of drug-likeness (QED) is 0.879.